The summed E-state index contributed by atoms with van der Waals surface area (Å²) in [6.07, 6.45) is 4.18. The fraction of sp³-hybridized carbons (Fsp3) is 0.211. The fourth-order valence-corrected chi connectivity index (χ4v) is 3.30. The molecule has 1 atom stereocenters. The molecule has 0 aliphatic carbocycles. The molecule has 1 aliphatic rings. The number of hydrogen-bond donors (Lipinski definition) is 0. The maximum absolute atomic E-state index is 12.9. The molecule has 0 N–H and O–H groups in total. The number of amides is 1. The topological polar surface area (TPSA) is 59.2 Å². The number of carbonyl (C=O) groups excluding carboxylic acids is 1. The average molecular weight is 354 g/mol. The van der Waals surface area contributed by atoms with Crippen LogP contribution in [0.1, 0.15) is 28.4 Å². The van der Waals surface area contributed by atoms with Crippen molar-refractivity contribution in [2.75, 3.05) is 13.1 Å². The molecule has 2 aromatic heterocycles. The molecule has 1 fully saturated rings. The van der Waals surface area contributed by atoms with Crippen LogP contribution in [0.5, 0.6) is 0 Å². The van der Waals surface area contributed by atoms with Gasteiger partial charge in [0.25, 0.3) is 5.91 Å². The highest BCUT2D eigenvalue weighted by atomic mass is 35.5. The molecular weight excluding hydrogens is 338 g/mol. The minimum atomic E-state index is -0.0652. The van der Waals surface area contributed by atoms with Crippen LogP contribution >= 0.6 is 11.6 Å². The van der Waals surface area contributed by atoms with E-state index in [-0.39, 0.29) is 11.8 Å². The van der Waals surface area contributed by atoms with Crippen LogP contribution in [0, 0.1) is 0 Å². The quantitative estimate of drug-likeness (QED) is 0.713. The van der Waals surface area contributed by atoms with Gasteiger partial charge in [-0.3, -0.25) is 9.78 Å². The zero-order valence-electron chi connectivity index (χ0n) is 13.4. The zero-order chi connectivity index (χ0) is 17.2. The van der Waals surface area contributed by atoms with Crippen molar-refractivity contribution in [3.05, 3.63) is 71.1 Å². The van der Waals surface area contributed by atoms with Gasteiger partial charge in [0.15, 0.2) is 5.76 Å². The lowest BCUT2D eigenvalue weighted by Crippen LogP contribution is -2.28. The molecule has 4 rings (SSSR count). The van der Waals surface area contributed by atoms with Gasteiger partial charge in [-0.05, 0) is 42.8 Å². The second kappa shape index (κ2) is 6.69. The highest BCUT2D eigenvalue weighted by Crippen LogP contribution is 2.30. The minimum Gasteiger partial charge on any atom is -0.355 e. The third-order valence-corrected chi connectivity index (χ3v) is 4.74. The number of hydrogen-bond acceptors (Lipinski definition) is 4. The number of benzene rings is 1. The van der Waals surface area contributed by atoms with Gasteiger partial charge in [0.1, 0.15) is 5.56 Å². The van der Waals surface area contributed by atoms with E-state index in [1.165, 1.54) is 6.20 Å². The Bertz CT molecular complexity index is 877. The van der Waals surface area contributed by atoms with Crippen molar-refractivity contribution in [1.29, 1.82) is 0 Å². The number of halogens is 1. The highest BCUT2D eigenvalue weighted by molar-refractivity contribution is 6.30. The van der Waals surface area contributed by atoms with Gasteiger partial charge in [-0.1, -0.05) is 22.8 Å². The zero-order valence-corrected chi connectivity index (χ0v) is 14.2. The molecular formula is C19H16ClN3O2. The number of likely N-dealkylation sites (tertiary alicyclic amines) is 1. The first-order valence-corrected chi connectivity index (χ1v) is 8.51. The Kier molecular flexibility index (Phi) is 4.24. The Morgan fingerprint density at radius 3 is 2.80 bits per heavy atom. The Morgan fingerprint density at radius 1 is 1.20 bits per heavy atom. The van der Waals surface area contributed by atoms with Crippen LogP contribution in [-0.4, -0.2) is 34.0 Å². The van der Waals surface area contributed by atoms with E-state index >= 15 is 0 Å². The smallest absolute Gasteiger partial charge is 0.259 e. The van der Waals surface area contributed by atoms with Crippen LogP contribution in [0.3, 0.4) is 0 Å². The highest BCUT2D eigenvalue weighted by Gasteiger charge is 2.31. The van der Waals surface area contributed by atoms with Crippen LogP contribution in [0.4, 0.5) is 0 Å². The third kappa shape index (κ3) is 3.15. The van der Waals surface area contributed by atoms with Crippen molar-refractivity contribution in [2.45, 2.75) is 12.3 Å². The third-order valence-electron chi connectivity index (χ3n) is 4.49. The first-order valence-electron chi connectivity index (χ1n) is 8.13. The molecule has 25 heavy (non-hydrogen) atoms. The summed E-state index contributed by atoms with van der Waals surface area (Å²) in [5, 5.41) is 4.46. The van der Waals surface area contributed by atoms with Crippen LogP contribution in [-0.2, 0) is 0 Å². The summed E-state index contributed by atoms with van der Waals surface area (Å²) in [5.41, 5.74) is 2.29. The van der Waals surface area contributed by atoms with E-state index in [2.05, 4.69) is 10.1 Å². The predicted molar refractivity (Wildman–Crippen MR) is 94.4 cm³/mol. The summed E-state index contributed by atoms with van der Waals surface area (Å²) in [6, 6.07) is 13.1. The Labute approximate surface area is 150 Å². The second-order valence-corrected chi connectivity index (χ2v) is 6.50. The molecule has 0 spiro atoms. The second-order valence-electron chi connectivity index (χ2n) is 6.07. The maximum atomic E-state index is 12.9. The van der Waals surface area contributed by atoms with E-state index < -0.39 is 0 Å². The molecule has 1 saturated heterocycles. The molecule has 3 heterocycles. The predicted octanol–water partition coefficient (Wildman–Crippen LogP) is 4.02. The van der Waals surface area contributed by atoms with Crippen molar-refractivity contribution < 1.29 is 9.32 Å². The van der Waals surface area contributed by atoms with Gasteiger partial charge < -0.3 is 9.42 Å². The van der Waals surface area contributed by atoms with Crippen LogP contribution in [0.15, 0.2) is 59.4 Å². The monoisotopic (exact) mass is 353 g/mol. The lowest BCUT2D eigenvalue weighted by atomic mass is 10.0. The molecule has 0 radical (unpaired) electrons. The molecule has 1 amide bonds. The maximum Gasteiger partial charge on any atom is 0.259 e. The van der Waals surface area contributed by atoms with Crippen molar-refractivity contribution >= 4 is 17.5 Å². The standard InChI is InChI=1S/C19H16ClN3O2/c20-15-6-4-13(5-7-15)18-16(11-22-25-18)19(24)23-10-8-14(12-23)17-3-1-2-9-21-17/h1-7,9,11,14H,8,10,12H2. The summed E-state index contributed by atoms with van der Waals surface area (Å²) in [7, 11) is 0. The molecule has 3 aromatic rings. The van der Waals surface area contributed by atoms with Crippen LogP contribution < -0.4 is 0 Å². The number of pyridine rings is 1. The summed E-state index contributed by atoms with van der Waals surface area (Å²) < 4.78 is 5.33. The summed E-state index contributed by atoms with van der Waals surface area (Å²) in [4.78, 5) is 19.2. The van der Waals surface area contributed by atoms with Crippen LogP contribution in [0.25, 0.3) is 11.3 Å². The van der Waals surface area contributed by atoms with Crippen molar-refractivity contribution in [3.63, 3.8) is 0 Å². The first kappa shape index (κ1) is 15.8. The molecule has 126 valence electrons. The normalized spacial score (nSPS) is 17.0. The first-order chi connectivity index (χ1) is 12.2. The van der Waals surface area contributed by atoms with E-state index in [1.54, 1.807) is 18.3 Å². The van der Waals surface area contributed by atoms with Gasteiger partial charge in [-0.2, -0.15) is 0 Å². The number of aromatic nitrogens is 2. The molecule has 5 nitrogen and oxygen atoms in total. The van der Waals surface area contributed by atoms with Crippen LogP contribution in [0.2, 0.25) is 5.02 Å². The van der Waals surface area contributed by atoms with Crippen molar-refractivity contribution in [3.8, 4) is 11.3 Å². The van der Waals surface area contributed by atoms with E-state index in [1.807, 2.05) is 35.2 Å². The summed E-state index contributed by atoms with van der Waals surface area (Å²) in [5.74, 6) is 0.677. The van der Waals surface area contributed by atoms with Gasteiger partial charge in [0.2, 0.25) is 0 Å². The van der Waals surface area contributed by atoms with Gasteiger partial charge >= 0.3 is 0 Å². The lowest BCUT2D eigenvalue weighted by Gasteiger charge is -2.16. The van der Waals surface area contributed by atoms with E-state index in [0.29, 0.717) is 29.4 Å². The van der Waals surface area contributed by atoms with Crippen molar-refractivity contribution in [2.24, 2.45) is 0 Å². The Morgan fingerprint density at radius 2 is 2.04 bits per heavy atom. The Balaban J connectivity index is 1.55. The minimum absolute atomic E-state index is 0.0652. The summed E-state index contributed by atoms with van der Waals surface area (Å²) >= 11 is 5.93. The molecule has 1 unspecified atom stereocenters. The van der Waals surface area contributed by atoms with Crippen molar-refractivity contribution in [1.82, 2.24) is 15.0 Å². The van der Waals surface area contributed by atoms with E-state index in [9.17, 15) is 4.79 Å². The van der Waals surface area contributed by atoms with E-state index in [4.69, 9.17) is 16.1 Å². The van der Waals surface area contributed by atoms with Gasteiger partial charge in [-0.15, -0.1) is 0 Å². The van der Waals surface area contributed by atoms with Gasteiger partial charge in [-0.25, -0.2) is 0 Å². The SMILES string of the molecule is O=C(c1cnoc1-c1ccc(Cl)cc1)N1CCC(c2ccccn2)C1. The molecule has 0 saturated carbocycles. The molecule has 0 bridgehead atoms. The summed E-state index contributed by atoms with van der Waals surface area (Å²) in [6.45, 7) is 1.35. The lowest BCUT2D eigenvalue weighted by molar-refractivity contribution is 0.0791. The fourth-order valence-electron chi connectivity index (χ4n) is 3.18. The molecule has 6 heteroatoms. The van der Waals surface area contributed by atoms with Gasteiger partial charge in [0.05, 0.1) is 6.20 Å². The number of nitrogens with zero attached hydrogens (tertiary/aromatic N) is 3. The Hall–Kier alpha value is -2.66. The van der Waals surface area contributed by atoms with Gasteiger partial charge in [0, 0.05) is 41.5 Å². The number of carbonyl (C=O) groups is 1. The molecule has 1 aromatic carbocycles. The largest absolute Gasteiger partial charge is 0.355 e. The average Bonchev–Trinajstić information content (AvgIpc) is 3.32. The van der Waals surface area contributed by atoms with E-state index in [0.717, 1.165) is 17.7 Å². The number of rotatable bonds is 3. The molecule has 1 aliphatic heterocycles.